The Morgan fingerprint density at radius 2 is 1.67 bits per heavy atom. The van der Waals surface area contributed by atoms with Crippen molar-refractivity contribution in [2.24, 2.45) is 0 Å². The minimum Gasteiger partial charge on any atom is -0.434 e. The van der Waals surface area contributed by atoms with Crippen molar-refractivity contribution < 1.29 is 22.3 Å². The van der Waals surface area contributed by atoms with E-state index in [4.69, 9.17) is 0 Å². The minimum absolute atomic E-state index is 0.0553. The van der Waals surface area contributed by atoms with Crippen molar-refractivity contribution in [2.45, 2.75) is 19.7 Å². The molecule has 0 spiro atoms. The normalized spacial score (nSPS) is 10.9. The van der Waals surface area contributed by atoms with Gasteiger partial charge in [-0.3, -0.25) is 0 Å². The molecule has 0 bridgehead atoms. The van der Waals surface area contributed by atoms with Gasteiger partial charge in [0.2, 0.25) is 0 Å². The Balaban J connectivity index is 1.99. The topological polar surface area (TPSA) is 21.3 Å². The molecule has 0 aliphatic heterocycles. The molecule has 2 aromatic carbocycles. The van der Waals surface area contributed by atoms with E-state index in [1.807, 2.05) is 0 Å². The Morgan fingerprint density at radius 3 is 2.43 bits per heavy atom. The summed E-state index contributed by atoms with van der Waals surface area (Å²) in [6.45, 7) is -2.64. The Morgan fingerprint density at radius 1 is 0.952 bits per heavy atom. The number of rotatable bonds is 6. The van der Waals surface area contributed by atoms with Crippen LogP contribution >= 0.6 is 0 Å². The molecule has 0 aliphatic rings. The molecule has 0 aromatic heterocycles. The van der Waals surface area contributed by atoms with Crippen molar-refractivity contribution in [2.75, 3.05) is 0 Å². The summed E-state index contributed by atoms with van der Waals surface area (Å²) in [5, 5.41) is 2.87. The third-order valence-electron chi connectivity index (χ3n) is 2.83. The van der Waals surface area contributed by atoms with Crippen molar-refractivity contribution in [1.82, 2.24) is 5.32 Å². The number of benzene rings is 2. The fourth-order valence-electron chi connectivity index (χ4n) is 1.87. The zero-order chi connectivity index (χ0) is 15.2. The monoisotopic (exact) mass is 299 g/mol. The maximum Gasteiger partial charge on any atom is 0.387 e. The quantitative estimate of drug-likeness (QED) is 0.818. The summed E-state index contributed by atoms with van der Waals surface area (Å²) in [5.74, 6) is -1.00. The molecule has 0 amide bonds. The molecule has 0 atom stereocenters. The van der Waals surface area contributed by atoms with E-state index in [0.717, 1.165) is 18.2 Å². The summed E-state index contributed by atoms with van der Waals surface area (Å²) < 4.78 is 55.3. The van der Waals surface area contributed by atoms with Crippen molar-refractivity contribution in [3.63, 3.8) is 0 Å². The van der Waals surface area contributed by atoms with Crippen LogP contribution < -0.4 is 10.1 Å². The van der Waals surface area contributed by atoms with Gasteiger partial charge in [0.05, 0.1) is 0 Å². The second kappa shape index (κ2) is 7.08. The first kappa shape index (κ1) is 15.3. The third-order valence-corrected chi connectivity index (χ3v) is 2.83. The van der Waals surface area contributed by atoms with E-state index < -0.39 is 18.2 Å². The first-order chi connectivity index (χ1) is 10.1. The van der Waals surface area contributed by atoms with E-state index in [9.17, 15) is 17.6 Å². The number of nitrogens with one attached hydrogen (secondary N) is 1. The van der Waals surface area contributed by atoms with Crippen LogP contribution in [-0.2, 0) is 13.1 Å². The summed E-state index contributed by atoms with van der Waals surface area (Å²) >= 11 is 0. The molecule has 0 aliphatic carbocycles. The molecule has 2 aromatic rings. The van der Waals surface area contributed by atoms with E-state index in [0.29, 0.717) is 5.56 Å². The molecule has 0 unspecified atom stereocenters. The van der Waals surface area contributed by atoms with Crippen LogP contribution in [0.5, 0.6) is 5.75 Å². The predicted octanol–water partition coefficient (Wildman–Crippen LogP) is 3.86. The zero-order valence-electron chi connectivity index (χ0n) is 11.0. The van der Waals surface area contributed by atoms with Crippen LogP contribution in [0.4, 0.5) is 17.6 Å². The van der Waals surface area contributed by atoms with E-state index >= 15 is 0 Å². The van der Waals surface area contributed by atoms with Gasteiger partial charge in [-0.15, -0.1) is 0 Å². The summed E-state index contributed by atoms with van der Waals surface area (Å²) in [4.78, 5) is 0. The molecule has 2 nitrogen and oxygen atoms in total. The van der Waals surface area contributed by atoms with Crippen LogP contribution in [0.3, 0.4) is 0 Å². The van der Waals surface area contributed by atoms with Crippen LogP contribution in [0.1, 0.15) is 11.1 Å². The van der Waals surface area contributed by atoms with Crippen molar-refractivity contribution in [1.29, 1.82) is 0 Å². The lowest BCUT2D eigenvalue weighted by atomic mass is 10.1. The van der Waals surface area contributed by atoms with Gasteiger partial charge in [-0.2, -0.15) is 8.78 Å². The number of alkyl halides is 2. The van der Waals surface area contributed by atoms with Gasteiger partial charge in [0.1, 0.15) is 17.4 Å². The zero-order valence-corrected chi connectivity index (χ0v) is 11.0. The smallest absolute Gasteiger partial charge is 0.387 e. The van der Waals surface area contributed by atoms with Crippen molar-refractivity contribution in [3.05, 3.63) is 65.2 Å². The standard InChI is InChI=1S/C15H13F4NO/c16-12-5-6-13(17)11(7-12)9-20-8-10-3-1-2-4-14(10)21-15(18)19/h1-7,15,20H,8-9H2. The molecule has 2 rings (SSSR count). The number of ether oxygens (including phenoxy) is 1. The molecular formula is C15H13F4NO. The number of para-hydroxylation sites is 1. The minimum atomic E-state index is -2.91. The van der Waals surface area contributed by atoms with Gasteiger partial charge < -0.3 is 10.1 Å². The first-order valence-electron chi connectivity index (χ1n) is 6.23. The molecule has 0 saturated heterocycles. The second-order valence-corrected chi connectivity index (χ2v) is 4.33. The Bertz CT molecular complexity index is 604. The maximum atomic E-state index is 13.4. The highest BCUT2D eigenvalue weighted by Gasteiger charge is 2.09. The third kappa shape index (κ3) is 4.46. The van der Waals surface area contributed by atoms with Gasteiger partial charge in [-0.05, 0) is 24.3 Å². The second-order valence-electron chi connectivity index (χ2n) is 4.33. The average Bonchev–Trinajstić information content (AvgIpc) is 2.44. The van der Waals surface area contributed by atoms with Crippen LogP contribution in [0.25, 0.3) is 0 Å². The Kier molecular flexibility index (Phi) is 5.16. The Labute approximate surface area is 119 Å². The van der Waals surface area contributed by atoms with Crippen LogP contribution in [0, 0.1) is 11.6 Å². The van der Waals surface area contributed by atoms with Gasteiger partial charge >= 0.3 is 6.61 Å². The van der Waals surface area contributed by atoms with Gasteiger partial charge in [0, 0.05) is 24.2 Å². The average molecular weight is 299 g/mol. The summed E-state index contributed by atoms with van der Waals surface area (Å²) in [6, 6.07) is 9.46. The van der Waals surface area contributed by atoms with Crippen LogP contribution in [0.2, 0.25) is 0 Å². The Hall–Kier alpha value is -2.08. The molecule has 1 N–H and O–H groups in total. The molecule has 0 saturated carbocycles. The molecular weight excluding hydrogens is 286 g/mol. The van der Waals surface area contributed by atoms with E-state index in [-0.39, 0.29) is 24.4 Å². The summed E-state index contributed by atoms with van der Waals surface area (Å²) in [6.07, 6.45) is 0. The lowest BCUT2D eigenvalue weighted by Gasteiger charge is -2.11. The first-order valence-corrected chi connectivity index (χ1v) is 6.23. The molecule has 0 fully saturated rings. The highest BCUT2D eigenvalue weighted by molar-refractivity contribution is 5.33. The molecule has 0 heterocycles. The van der Waals surface area contributed by atoms with Crippen LogP contribution in [-0.4, -0.2) is 6.61 Å². The summed E-state index contributed by atoms with van der Waals surface area (Å²) in [7, 11) is 0. The van der Waals surface area contributed by atoms with Gasteiger partial charge in [0.15, 0.2) is 0 Å². The van der Waals surface area contributed by atoms with Gasteiger partial charge in [0.25, 0.3) is 0 Å². The summed E-state index contributed by atoms with van der Waals surface area (Å²) in [5.41, 5.74) is 0.678. The molecule has 112 valence electrons. The molecule has 21 heavy (non-hydrogen) atoms. The van der Waals surface area contributed by atoms with Gasteiger partial charge in [-0.1, -0.05) is 18.2 Å². The largest absolute Gasteiger partial charge is 0.434 e. The van der Waals surface area contributed by atoms with Crippen molar-refractivity contribution in [3.8, 4) is 5.75 Å². The lowest BCUT2D eigenvalue weighted by Crippen LogP contribution is -2.15. The van der Waals surface area contributed by atoms with Gasteiger partial charge in [-0.25, -0.2) is 8.78 Å². The van der Waals surface area contributed by atoms with E-state index in [1.54, 1.807) is 18.2 Å². The fourth-order valence-corrected chi connectivity index (χ4v) is 1.87. The lowest BCUT2D eigenvalue weighted by molar-refractivity contribution is -0.0505. The van der Waals surface area contributed by atoms with Crippen LogP contribution in [0.15, 0.2) is 42.5 Å². The number of hydrogen-bond donors (Lipinski definition) is 1. The molecule has 0 radical (unpaired) electrons. The fraction of sp³-hybridized carbons (Fsp3) is 0.200. The van der Waals surface area contributed by atoms with Crippen molar-refractivity contribution >= 4 is 0 Å². The van der Waals surface area contributed by atoms with E-state index in [1.165, 1.54) is 6.07 Å². The van der Waals surface area contributed by atoms with E-state index in [2.05, 4.69) is 10.1 Å². The SMILES string of the molecule is Fc1ccc(F)c(CNCc2ccccc2OC(F)F)c1. The highest BCUT2D eigenvalue weighted by atomic mass is 19.3. The number of hydrogen-bond acceptors (Lipinski definition) is 2. The maximum absolute atomic E-state index is 13.4. The molecule has 6 heteroatoms. The highest BCUT2D eigenvalue weighted by Crippen LogP contribution is 2.20. The number of halogens is 4. The predicted molar refractivity (Wildman–Crippen MR) is 70.0 cm³/mol.